The number of rotatable bonds is 3. The van der Waals surface area contributed by atoms with Gasteiger partial charge >= 0.3 is 0 Å². The Morgan fingerprint density at radius 1 is 1.35 bits per heavy atom. The van der Waals surface area contributed by atoms with E-state index in [-0.39, 0.29) is 11.5 Å². The van der Waals surface area contributed by atoms with Gasteiger partial charge in [-0.15, -0.1) is 11.3 Å². The average Bonchev–Trinajstić information content (AvgIpc) is 2.91. The Labute approximate surface area is 145 Å². The number of nitrogens with one attached hydrogen (secondary N) is 1. The zero-order valence-electron chi connectivity index (χ0n) is 12.5. The number of amides is 1. The Bertz CT molecular complexity index is 931. The van der Waals surface area contributed by atoms with Crippen LogP contribution in [0.2, 0.25) is 0 Å². The molecular formula is C16H14BrN3O2S. The fourth-order valence-electron chi connectivity index (χ4n) is 2.24. The van der Waals surface area contributed by atoms with E-state index in [0.29, 0.717) is 15.9 Å². The number of hydrogen-bond acceptors (Lipinski definition) is 4. The van der Waals surface area contributed by atoms with Crippen molar-refractivity contribution in [2.75, 3.05) is 5.32 Å². The van der Waals surface area contributed by atoms with Gasteiger partial charge in [0.2, 0.25) is 5.91 Å². The van der Waals surface area contributed by atoms with Gasteiger partial charge in [0.15, 0.2) is 0 Å². The summed E-state index contributed by atoms with van der Waals surface area (Å²) in [6.45, 7) is 3.61. The molecule has 1 N–H and O–H groups in total. The molecule has 3 aromatic rings. The molecule has 5 nitrogen and oxygen atoms in total. The highest BCUT2D eigenvalue weighted by Gasteiger charge is 2.18. The van der Waals surface area contributed by atoms with Gasteiger partial charge in [-0.2, -0.15) is 0 Å². The number of anilines is 1. The SMILES string of the molecule is Cc1cc2c(=O)n([C@H](C)C(=O)Nc3ccc(Br)cc3)cnc2s1. The number of hydrogen-bond donors (Lipinski definition) is 1. The van der Waals surface area contributed by atoms with E-state index in [0.717, 1.165) is 9.35 Å². The van der Waals surface area contributed by atoms with E-state index in [1.54, 1.807) is 19.1 Å². The summed E-state index contributed by atoms with van der Waals surface area (Å²) in [5.74, 6) is -0.262. The molecule has 0 aliphatic heterocycles. The number of nitrogens with zero attached hydrogens (tertiary/aromatic N) is 2. The smallest absolute Gasteiger partial charge is 0.262 e. The van der Waals surface area contributed by atoms with E-state index in [2.05, 4.69) is 26.2 Å². The third kappa shape index (κ3) is 3.20. The first-order valence-electron chi connectivity index (χ1n) is 6.99. The van der Waals surface area contributed by atoms with E-state index in [1.807, 2.05) is 25.1 Å². The predicted octanol–water partition coefficient (Wildman–Crippen LogP) is 3.73. The van der Waals surface area contributed by atoms with Crippen LogP contribution < -0.4 is 10.9 Å². The summed E-state index contributed by atoms with van der Waals surface area (Å²) in [7, 11) is 0. The van der Waals surface area contributed by atoms with E-state index < -0.39 is 6.04 Å². The lowest BCUT2D eigenvalue weighted by molar-refractivity contribution is -0.118. The highest BCUT2D eigenvalue weighted by Crippen LogP contribution is 2.20. The molecule has 118 valence electrons. The second-order valence-corrected chi connectivity index (χ2v) is 7.36. The molecule has 2 aromatic heterocycles. The van der Waals surface area contributed by atoms with Crippen LogP contribution in [-0.4, -0.2) is 15.5 Å². The molecule has 0 aliphatic rings. The van der Waals surface area contributed by atoms with Crippen LogP contribution in [0, 0.1) is 6.92 Å². The number of carbonyl (C=O) groups is 1. The minimum atomic E-state index is -0.650. The molecule has 0 saturated carbocycles. The van der Waals surface area contributed by atoms with Crippen molar-refractivity contribution in [3.8, 4) is 0 Å². The van der Waals surface area contributed by atoms with E-state index in [9.17, 15) is 9.59 Å². The van der Waals surface area contributed by atoms with Crippen molar-refractivity contribution >= 4 is 49.1 Å². The Balaban J connectivity index is 1.88. The molecule has 0 bridgehead atoms. The number of fused-ring (bicyclic) bond motifs is 1. The molecule has 0 saturated heterocycles. The first-order valence-corrected chi connectivity index (χ1v) is 8.60. The molecule has 1 amide bonds. The maximum Gasteiger partial charge on any atom is 0.262 e. The summed E-state index contributed by atoms with van der Waals surface area (Å²) >= 11 is 4.82. The molecule has 3 rings (SSSR count). The molecule has 1 atom stereocenters. The summed E-state index contributed by atoms with van der Waals surface area (Å²) in [6, 6.07) is 8.43. The average molecular weight is 392 g/mol. The van der Waals surface area contributed by atoms with Gasteiger partial charge in [-0.3, -0.25) is 14.2 Å². The Kier molecular flexibility index (Phi) is 4.32. The third-order valence-corrected chi connectivity index (χ3v) is 5.00. The van der Waals surface area contributed by atoms with Gasteiger partial charge in [0, 0.05) is 15.0 Å². The molecule has 0 spiro atoms. The molecule has 1 aromatic carbocycles. The largest absolute Gasteiger partial charge is 0.324 e. The Morgan fingerprint density at radius 2 is 2.04 bits per heavy atom. The highest BCUT2D eigenvalue weighted by atomic mass is 79.9. The lowest BCUT2D eigenvalue weighted by Crippen LogP contribution is -2.31. The molecular weight excluding hydrogens is 378 g/mol. The summed E-state index contributed by atoms with van der Waals surface area (Å²) < 4.78 is 2.30. The Hall–Kier alpha value is -1.99. The molecule has 7 heteroatoms. The van der Waals surface area contributed by atoms with Gasteiger partial charge in [-0.05, 0) is 44.2 Å². The van der Waals surface area contributed by atoms with Crippen LogP contribution in [0.1, 0.15) is 17.8 Å². The molecule has 0 fully saturated rings. The van der Waals surface area contributed by atoms with E-state index >= 15 is 0 Å². The standard InChI is InChI=1S/C16H14BrN3O2S/c1-9-7-13-15(23-9)18-8-20(16(13)22)10(2)14(21)19-12-5-3-11(17)4-6-12/h3-8,10H,1-2H3,(H,19,21)/t10-/m1/s1. The van der Waals surface area contributed by atoms with Gasteiger partial charge in [0.05, 0.1) is 11.7 Å². The van der Waals surface area contributed by atoms with Crippen molar-refractivity contribution in [2.24, 2.45) is 0 Å². The van der Waals surface area contributed by atoms with Gasteiger partial charge in [-0.25, -0.2) is 4.98 Å². The Morgan fingerprint density at radius 3 is 2.74 bits per heavy atom. The number of halogens is 1. The summed E-state index contributed by atoms with van der Waals surface area (Å²) in [5.41, 5.74) is 0.483. The quantitative estimate of drug-likeness (QED) is 0.739. The third-order valence-electron chi connectivity index (χ3n) is 3.51. The minimum absolute atomic E-state index is 0.196. The van der Waals surface area contributed by atoms with Crippen LogP contribution in [0.3, 0.4) is 0 Å². The van der Waals surface area contributed by atoms with E-state index in [1.165, 1.54) is 22.2 Å². The summed E-state index contributed by atoms with van der Waals surface area (Å²) in [6.07, 6.45) is 1.44. The maximum atomic E-state index is 12.5. The van der Waals surface area contributed by atoms with Gasteiger partial charge in [0.25, 0.3) is 5.56 Å². The first kappa shape index (κ1) is 15.9. The second-order valence-electron chi connectivity index (χ2n) is 5.20. The van der Waals surface area contributed by atoms with Crippen LogP contribution in [0.4, 0.5) is 5.69 Å². The van der Waals surface area contributed by atoms with Crippen LogP contribution in [-0.2, 0) is 4.79 Å². The zero-order valence-corrected chi connectivity index (χ0v) is 14.9. The lowest BCUT2D eigenvalue weighted by atomic mass is 10.2. The van der Waals surface area contributed by atoms with Crippen molar-refractivity contribution in [3.05, 3.63) is 56.4 Å². The van der Waals surface area contributed by atoms with Crippen molar-refractivity contribution in [2.45, 2.75) is 19.9 Å². The van der Waals surface area contributed by atoms with Crippen molar-refractivity contribution in [1.29, 1.82) is 0 Å². The molecule has 0 radical (unpaired) electrons. The molecule has 23 heavy (non-hydrogen) atoms. The number of aryl methyl sites for hydroxylation is 1. The topological polar surface area (TPSA) is 64.0 Å². The summed E-state index contributed by atoms with van der Waals surface area (Å²) in [5, 5.41) is 3.36. The van der Waals surface area contributed by atoms with Crippen molar-refractivity contribution < 1.29 is 4.79 Å². The van der Waals surface area contributed by atoms with Crippen LogP contribution >= 0.6 is 27.3 Å². The maximum absolute atomic E-state index is 12.5. The van der Waals surface area contributed by atoms with Crippen LogP contribution in [0.15, 0.2) is 45.9 Å². The minimum Gasteiger partial charge on any atom is -0.324 e. The second kappa shape index (κ2) is 6.25. The summed E-state index contributed by atoms with van der Waals surface area (Å²) in [4.78, 5) is 30.9. The number of carbonyl (C=O) groups excluding carboxylic acids is 1. The number of benzene rings is 1. The molecule has 0 unspecified atom stereocenters. The zero-order chi connectivity index (χ0) is 16.6. The van der Waals surface area contributed by atoms with Crippen molar-refractivity contribution in [3.63, 3.8) is 0 Å². The monoisotopic (exact) mass is 391 g/mol. The van der Waals surface area contributed by atoms with Gasteiger partial charge < -0.3 is 5.32 Å². The van der Waals surface area contributed by atoms with Crippen LogP contribution in [0.5, 0.6) is 0 Å². The van der Waals surface area contributed by atoms with Crippen LogP contribution in [0.25, 0.3) is 10.2 Å². The molecule has 0 aliphatic carbocycles. The van der Waals surface area contributed by atoms with Gasteiger partial charge in [0.1, 0.15) is 10.9 Å². The molecule has 2 heterocycles. The lowest BCUT2D eigenvalue weighted by Gasteiger charge is -2.14. The van der Waals surface area contributed by atoms with E-state index in [4.69, 9.17) is 0 Å². The fourth-order valence-corrected chi connectivity index (χ4v) is 3.34. The highest BCUT2D eigenvalue weighted by molar-refractivity contribution is 9.10. The fraction of sp³-hybridized carbons (Fsp3) is 0.188. The number of aromatic nitrogens is 2. The number of thiophene rings is 1. The normalized spacial score (nSPS) is 12.3. The first-order chi connectivity index (χ1) is 11.0. The predicted molar refractivity (Wildman–Crippen MR) is 96.1 cm³/mol. The van der Waals surface area contributed by atoms with Crippen molar-refractivity contribution in [1.82, 2.24) is 9.55 Å². The van der Waals surface area contributed by atoms with Gasteiger partial charge in [-0.1, -0.05) is 15.9 Å².